The van der Waals surface area contributed by atoms with Crippen LogP contribution in [-0.2, 0) is 0 Å². The van der Waals surface area contributed by atoms with E-state index in [4.69, 9.17) is 0 Å². The molecule has 1 aliphatic carbocycles. The fourth-order valence-corrected chi connectivity index (χ4v) is 1.00. The molecule has 76 valence electrons. The highest BCUT2D eigenvalue weighted by atomic mass is 19.2. The van der Waals surface area contributed by atoms with E-state index in [1.165, 1.54) is 0 Å². The summed E-state index contributed by atoms with van der Waals surface area (Å²) in [5.74, 6) is -6.14. The van der Waals surface area contributed by atoms with E-state index in [1.54, 1.807) is 0 Å². The van der Waals surface area contributed by atoms with Gasteiger partial charge in [0, 0.05) is 14.1 Å². The summed E-state index contributed by atoms with van der Waals surface area (Å²) in [5.41, 5.74) is -1.93. The summed E-state index contributed by atoms with van der Waals surface area (Å²) in [7, 11) is 2.06. The van der Waals surface area contributed by atoms with E-state index in [-0.39, 0.29) is 0 Å². The molecule has 0 radical (unpaired) electrons. The Balaban J connectivity index is 3.44. The van der Waals surface area contributed by atoms with Crippen LogP contribution in [0.25, 0.3) is 0 Å². The summed E-state index contributed by atoms with van der Waals surface area (Å²) >= 11 is 0. The van der Waals surface area contributed by atoms with Gasteiger partial charge in [0.15, 0.2) is 23.3 Å². The lowest BCUT2D eigenvalue weighted by molar-refractivity contribution is 0.545. The highest BCUT2D eigenvalue weighted by Crippen LogP contribution is 2.29. The van der Waals surface area contributed by atoms with Crippen LogP contribution >= 0.6 is 0 Å². The Morgan fingerprint density at radius 2 is 0.857 bits per heavy atom. The Hall–Kier alpha value is -1.46. The maximum absolute atomic E-state index is 13.0. The number of aliphatic imine (C=N–C) groups is 2. The standard InChI is InChI=1S/C8H6F4N2/c1-13-7-3(9)5(11)8(14-2)6(12)4(7)10/h1-2H3. The number of hydrogen-bond donors (Lipinski definition) is 0. The number of hydrogen-bond acceptors (Lipinski definition) is 2. The number of rotatable bonds is 0. The average Bonchev–Trinajstić information content (AvgIpc) is 2.17. The number of nitrogens with zero attached hydrogens (tertiary/aromatic N) is 2. The van der Waals surface area contributed by atoms with E-state index in [1.807, 2.05) is 0 Å². The second-order valence-corrected chi connectivity index (χ2v) is 2.40. The quantitative estimate of drug-likeness (QED) is 0.429. The topological polar surface area (TPSA) is 24.7 Å². The molecular weight excluding hydrogens is 200 g/mol. The van der Waals surface area contributed by atoms with Gasteiger partial charge in [0.25, 0.3) is 0 Å². The van der Waals surface area contributed by atoms with E-state index in [0.29, 0.717) is 0 Å². The van der Waals surface area contributed by atoms with Crippen LogP contribution < -0.4 is 0 Å². The van der Waals surface area contributed by atoms with Gasteiger partial charge in [0.05, 0.1) is 0 Å². The van der Waals surface area contributed by atoms with Crippen LogP contribution in [0.3, 0.4) is 0 Å². The van der Waals surface area contributed by atoms with Crippen LogP contribution in [0.5, 0.6) is 0 Å². The van der Waals surface area contributed by atoms with Gasteiger partial charge in [-0.2, -0.15) is 0 Å². The SMILES string of the molecule is CN=C1C(F)=C(F)C(=NC)C(F)=C1F. The Labute approximate surface area is 77.4 Å². The minimum Gasteiger partial charge on any atom is -0.283 e. The highest BCUT2D eigenvalue weighted by Gasteiger charge is 2.32. The average molecular weight is 206 g/mol. The van der Waals surface area contributed by atoms with Gasteiger partial charge in [0.2, 0.25) is 0 Å². The highest BCUT2D eigenvalue weighted by molar-refractivity contribution is 6.25. The van der Waals surface area contributed by atoms with Crippen LogP contribution in [0.15, 0.2) is 33.3 Å². The van der Waals surface area contributed by atoms with Gasteiger partial charge in [-0.05, 0) is 0 Å². The lowest BCUT2D eigenvalue weighted by Crippen LogP contribution is -2.17. The zero-order valence-electron chi connectivity index (χ0n) is 7.41. The molecule has 1 aliphatic rings. The predicted octanol–water partition coefficient (Wildman–Crippen LogP) is 2.44. The zero-order valence-corrected chi connectivity index (χ0v) is 7.41. The maximum atomic E-state index is 13.0. The monoisotopic (exact) mass is 206 g/mol. The van der Waals surface area contributed by atoms with E-state index >= 15 is 0 Å². The molecule has 0 aliphatic heterocycles. The van der Waals surface area contributed by atoms with Crippen molar-refractivity contribution >= 4 is 11.4 Å². The van der Waals surface area contributed by atoms with E-state index < -0.39 is 34.7 Å². The summed E-state index contributed by atoms with van der Waals surface area (Å²) in [6.07, 6.45) is 0. The molecule has 0 bridgehead atoms. The zero-order chi connectivity index (χ0) is 10.9. The molecule has 0 amide bonds. The molecule has 1 rings (SSSR count). The third-order valence-corrected chi connectivity index (χ3v) is 1.66. The molecule has 6 heteroatoms. The molecule has 0 aromatic rings. The van der Waals surface area contributed by atoms with Crippen molar-refractivity contribution < 1.29 is 17.6 Å². The second-order valence-electron chi connectivity index (χ2n) is 2.40. The molecule has 0 aromatic heterocycles. The molecule has 2 nitrogen and oxygen atoms in total. The third kappa shape index (κ3) is 1.36. The summed E-state index contributed by atoms with van der Waals surface area (Å²) in [6, 6.07) is 0. The lowest BCUT2D eigenvalue weighted by atomic mass is 10.1. The minimum absolute atomic E-state index is 0.965. The largest absolute Gasteiger partial charge is 0.283 e. The van der Waals surface area contributed by atoms with Gasteiger partial charge in [0.1, 0.15) is 11.4 Å². The Morgan fingerprint density at radius 1 is 0.643 bits per heavy atom. The fourth-order valence-electron chi connectivity index (χ4n) is 1.00. The Kier molecular flexibility index (Phi) is 2.83. The van der Waals surface area contributed by atoms with Gasteiger partial charge in [-0.1, -0.05) is 0 Å². The van der Waals surface area contributed by atoms with Crippen molar-refractivity contribution in [2.24, 2.45) is 9.98 Å². The summed E-state index contributed by atoms with van der Waals surface area (Å²) < 4.78 is 51.8. The van der Waals surface area contributed by atoms with Crippen LogP contribution in [0.4, 0.5) is 17.6 Å². The van der Waals surface area contributed by atoms with E-state index in [2.05, 4.69) is 9.98 Å². The first-order chi connectivity index (χ1) is 6.54. The second kappa shape index (κ2) is 3.73. The third-order valence-electron chi connectivity index (χ3n) is 1.66. The van der Waals surface area contributed by atoms with Crippen LogP contribution in [0.2, 0.25) is 0 Å². The first kappa shape index (κ1) is 10.6. The van der Waals surface area contributed by atoms with Gasteiger partial charge < -0.3 is 0 Å². The van der Waals surface area contributed by atoms with E-state index in [9.17, 15) is 17.6 Å². The first-order valence-electron chi connectivity index (χ1n) is 3.60. The molecule has 0 aromatic carbocycles. The van der Waals surface area contributed by atoms with Gasteiger partial charge in [-0.15, -0.1) is 0 Å². The summed E-state index contributed by atoms with van der Waals surface area (Å²) in [4.78, 5) is 6.19. The van der Waals surface area contributed by atoms with Crippen LogP contribution in [0.1, 0.15) is 0 Å². The molecule has 14 heavy (non-hydrogen) atoms. The van der Waals surface area contributed by atoms with Crippen molar-refractivity contribution in [3.05, 3.63) is 23.3 Å². The molecule has 0 fully saturated rings. The van der Waals surface area contributed by atoms with Gasteiger partial charge in [-0.25, -0.2) is 17.6 Å². The fraction of sp³-hybridized carbons (Fsp3) is 0.250. The molecule has 0 spiro atoms. The summed E-state index contributed by atoms with van der Waals surface area (Å²) in [6.45, 7) is 0. The number of allylic oxidation sites excluding steroid dienone is 4. The van der Waals surface area contributed by atoms with E-state index in [0.717, 1.165) is 14.1 Å². The lowest BCUT2D eigenvalue weighted by Gasteiger charge is -2.11. The van der Waals surface area contributed by atoms with Crippen molar-refractivity contribution in [3.8, 4) is 0 Å². The predicted molar refractivity (Wildman–Crippen MR) is 45.2 cm³/mol. The molecule has 0 unspecified atom stereocenters. The van der Waals surface area contributed by atoms with Crippen molar-refractivity contribution in [1.29, 1.82) is 0 Å². The molecule has 0 N–H and O–H groups in total. The molecule has 0 saturated heterocycles. The van der Waals surface area contributed by atoms with Crippen molar-refractivity contribution in [1.82, 2.24) is 0 Å². The molecule has 0 saturated carbocycles. The van der Waals surface area contributed by atoms with Crippen molar-refractivity contribution in [2.75, 3.05) is 14.1 Å². The maximum Gasteiger partial charge on any atom is 0.189 e. The van der Waals surface area contributed by atoms with Gasteiger partial charge in [-0.3, -0.25) is 9.98 Å². The molecular formula is C8H6F4N2. The molecule has 0 heterocycles. The number of halogens is 4. The van der Waals surface area contributed by atoms with Crippen LogP contribution in [0, 0.1) is 0 Å². The Bertz CT molecular complexity index is 324. The summed E-state index contributed by atoms with van der Waals surface area (Å²) in [5, 5.41) is 0. The van der Waals surface area contributed by atoms with Crippen molar-refractivity contribution in [3.63, 3.8) is 0 Å². The normalized spacial score (nSPS) is 17.9. The van der Waals surface area contributed by atoms with Gasteiger partial charge >= 0.3 is 0 Å². The van der Waals surface area contributed by atoms with Crippen LogP contribution in [-0.4, -0.2) is 25.5 Å². The minimum atomic E-state index is -1.54. The smallest absolute Gasteiger partial charge is 0.189 e. The van der Waals surface area contributed by atoms with Crippen molar-refractivity contribution in [2.45, 2.75) is 0 Å². The Morgan fingerprint density at radius 3 is 1.00 bits per heavy atom. The molecule has 0 atom stereocenters. The first-order valence-corrected chi connectivity index (χ1v) is 3.60.